The Bertz CT molecular complexity index is 534. The summed E-state index contributed by atoms with van der Waals surface area (Å²) in [6.07, 6.45) is 6.26. The van der Waals surface area contributed by atoms with Crippen molar-refractivity contribution in [3.63, 3.8) is 0 Å². The number of rotatable bonds is 4. The van der Waals surface area contributed by atoms with E-state index in [0.717, 1.165) is 24.8 Å². The SMILES string of the molecule is O=C(NCc1ccncc1)NC1C2CCC(C2)C1C(=O)O. The van der Waals surface area contributed by atoms with E-state index in [0.29, 0.717) is 12.5 Å². The van der Waals surface area contributed by atoms with Gasteiger partial charge in [-0.1, -0.05) is 0 Å². The molecule has 0 radical (unpaired) electrons. The van der Waals surface area contributed by atoms with E-state index >= 15 is 0 Å². The quantitative estimate of drug-likeness (QED) is 0.781. The van der Waals surface area contributed by atoms with E-state index in [1.807, 2.05) is 12.1 Å². The van der Waals surface area contributed by atoms with Crippen LogP contribution in [-0.2, 0) is 11.3 Å². The molecule has 2 aliphatic rings. The normalized spacial score (nSPS) is 30.1. The zero-order valence-corrected chi connectivity index (χ0v) is 11.7. The van der Waals surface area contributed by atoms with Crippen LogP contribution in [0.5, 0.6) is 0 Å². The van der Waals surface area contributed by atoms with Crippen molar-refractivity contribution >= 4 is 12.0 Å². The zero-order chi connectivity index (χ0) is 14.8. The molecular weight excluding hydrogens is 270 g/mol. The molecule has 3 N–H and O–H groups in total. The standard InChI is InChI=1S/C15H19N3O3/c19-14(20)12-10-1-2-11(7-10)13(12)18-15(21)17-8-9-3-5-16-6-4-9/h3-6,10-13H,1-2,7-8H2,(H,19,20)(H2,17,18,21). The molecule has 3 rings (SSSR count). The third-order valence-corrected chi connectivity index (χ3v) is 4.70. The summed E-state index contributed by atoms with van der Waals surface area (Å²) in [7, 11) is 0. The van der Waals surface area contributed by atoms with Crippen LogP contribution in [0.2, 0.25) is 0 Å². The average molecular weight is 289 g/mol. The molecule has 1 aromatic rings. The van der Waals surface area contributed by atoms with Crippen molar-refractivity contribution in [2.24, 2.45) is 17.8 Å². The van der Waals surface area contributed by atoms with Crippen molar-refractivity contribution in [2.75, 3.05) is 0 Å². The molecule has 0 aromatic carbocycles. The summed E-state index contributed by atoms with van der Waals surface area (Å²) in [4.78, 5) is 27.3. The van der Waals surface area contributed by atoms with Gasteiger partial charge in [-0.05, 0) is 48.8 Å². The second-order valence-corrected chi connectivity index (χ2v) is 5.91. The summed E-state index contributed by atoms with van der Waals surface area (Å²) in [6, 6.07) is 3.13. The van der Waals surface area contributed by atoms with Gasteiger partial charge in [-0.25, -0.2) is 4.79 Å². The highest BCUT2D eigenvalue weighted by Gasteiger charge is 2.51. The van der Waals surface area contributed by atoms with Gasteiger partial charge in [0.15, 0.2) is 0 Å². The van der Waals surface area contributed by atoms with Gasteiger partial charge < -0.3 is 15.7 Å². The largest absolute Gasteiger partial charge is 0.481 e. The van der Waals surface area contributed by atoms with Crippen molar-refractivity contribution in [1.29, 1.82) is 0 Å². The van der Waals surface area contributed by atoms with E-state index in [-0.39, 0.29) is 18.0 Å². The number of hydrogen-bond donors (Lipinski definition) is 3. The Balaban J connectivity index is 1.56. The second-order valence-electron chi connectivity index (χ2n) is 5.91. The van der Waals surface area contributed by atoms with Gasteiger partial charge in [0.05, 0.1) is 5.92 Å². The number of aliphatic carboxylic acids is 1. The monoisotopic (exact) mass is 289 g/mol. The van der Waals surface area contributed by atoms with Gasteiger partial charge in [0.1, 0.15) is 0 Å². The van der Waals surface area contributed by atoms with Gasteiger partial charge >= 0.3 is 12.0 Å². The van der Waals surface area contributed by atoms with Crippen LogP contribution in [0.4, 0.5) is 4.79 Å². The smallest absolute Gasteiger partial charge is 0.315 e. The fourth-order valence-electron chi connectivity index (χ4n) is 3.74. The fraction of sp³-hybridized carbons (Fsp3) is 0.533. The Kier molecular flexibility index (Phi) is 3.77. The number of amides is 2. The van der Waals surface area contributed by atoms with Crippen molar-refractivity contribution in [1.82, 2.24) is 15.6 Å². The van der Waals surface area contributed by atoms with Gasteiger partial charge in [0.2, 0.25) is 0 Å². The van der Waals surface area contributed by atoms with Crippen molar-refractivity contribution in [3.8, 4) is 0 Å². The fourth-order valence-corrected chi connectivity index (χ4v) is 3.74. The Morgan fingerprint density at radius 2 is 1.95 bits per heavy atom. The maximum absolute atomic E-state index is 12.0. The van der Waals surface area contributed by atoms with E-state index in [1.54, 1.807) is 12.4 Å². The minimum Gasteiger partial charge on any atom is -0.481 e. The lowest BCUT2D eigenvalue weighted by molar-refractivity contribution is -0.144. The molecule has 6 heteroatoms. The lowest BCUT2D eigenvalue weighted by Crippen LogP contribution is -2.50. The van der Waals surface area contributed by atoms with E-state index < -0.39 is 11.9 Å². The third kappa shape index (κ3) is 2.84. The van der Waals surface area contributed by atoms with Crippen LogP contribution in [-0.4, -0.2) is 28.1 Å². The summed E-state index contributed by atoms with van der Waals surface area (Å²) in [5.41, 5.74) is 0.961. The third-order valence-electron chi connectivity index (χ3n) is 4.70. The molecule has 2 amide bonds. The molecule has 2 aliphatic carbocycles. The number of nitrogens with zero attached hydrogens (tertiary/aromatic N) is 1. The van der Waals surface area contributed by atoms with Gasteiger partial charge in [-0.15, -0.1) is 0 Å². The number of carboxylic acids is 1. The van der Waals surface area contributed by atoms with Crippen molar-refractivity contribution < 1.29 is 14.7 Å². The Morgan fingerprint density at radius 3 is 2.67 bits per heavy atom. The number of fused-ring (bicyclic) bond motifs is 2. The zero-order valence-electron chi connectivity index (χ0n) is 11.7. The van der Waals surface area contributed by atoms with Gasteiger partial charge in [-0.3, -0.25) is 9.78 Å². The van der Waals surface area contributed by atoms with Crippen molar-refractivity contribution in [3.05, 3.63) is 30.1 Å². The van der Waals surface area contributed by atoms with E-state index in [1.165, 1.54) is 0 Å². The predicted molar refractivity (Wildman–Crippen MR) is 75.4 cm³/mol. The predicted octanol–water partition coefficient (Wildman–Crippen LogP) is 1.38. The lowest BCUT2D eigenvalue weighted by Gasteiger charge is -2.28. The molecule has 0 saturated heterocycles. The summed E-state index contributed by atoms with van der Waals surface area (Å²) < 4.78 is 0. The van der Waals surface area contributed by atoms with Gasteiger partial charge in [-0.2, -0.15) is 0 Å². The maximum Gasteiger partial charge on any atom is 0.315 e. The van der Waals surface area contributed by atoms with Crippen LogP contribution in [0.1, 0.15) is 24.8 Å². The Morgan fingerprint density at radius 1 is 1.24 bits per heavy atom. The highest BCUT2D eigenvalue weighted by Crippen LogP contribution is 2.48. The van der Waals surface area contributed by atoms with E-state index in [9.17, 15) is 14.7 Å². The maximum atomic E-state index is 12.0. The number of pyridine rings is 1. The second kappa shape index (κ2) is 5.71. The summed E-state index contributed by atoms with van der Waals surface area (Å²) in [5.74, 6) is -0.696. The molecule has 6 nitrogen and oxygen atoms in total. The molecule has 2 bridgehead atoms. The van der Waals surface area contributed by atoms with Crippen LogP contribution in [0.25, 0.3) is 0 Å². The van der Waals surface area contributed by atoms with Gasteiger partial charge in [0.25, 0.3) is 0 Å². The van der Waals surface area contributed by atoms with E-state index in [4.69, 9.17) is 0 Å². The number of carboxylic acid groups (broad SMARTS) is 1. The minimum absolute atomic E-state index is 0.220. The first-order chi connectivity index (χ1) is 10.1. The van der Waals surface area contributed by atoms with Crippen molar-refractivity contribution in [2.45, 2.75) is 31.8 Å². The molecule has 4 unspecified atom stereocenters. The topological polar surface area (TPSA) is 91.3 Å². The number of nitrogens with one attached hydrogen (secondary N) is 2. The van der Waals surface area contributed by atoms with E-state index in [2.05, 4.69) is 15.6 Å². The molecule has 0 aliphatic heterocycles. The highest BCUT2D eigenvalue weighted by molar-refractivity contribution is 5.77. The van der Waals surface area contributed by atoms with Crippen LogP contribution in [0, 0.1) is 17.8 Å². The molecule has 2 fully saturated rings. The highest BCUT2D eigenvalue weighted by atomic mass is 16.4. The van der Waals surface area contributed by atoms with Crippen LogP contribution in [0.15, 0.2) is 24.5 Å². The average Bonchev–Trinajstić information content (AvgIpc) is 3.07. The number of urea groups is 1. The molecule has 1 aromatic heterocycles. The molecule has 4 atom stereocenters. The molecule has 21 heavy (non-hydrogen) atoms. The minimum atomic E-state index is -0.790. The van der Waals surface area contributed by atoms with Crippen LogP contribution in [0.3, 0.4) is 0 Å². The number of carbonyl (C=O) groups is 2. The summed E-state index contributed by atoms with van der Waals surface area (Å²) >= 11 is 0. The first-order valence-electron chi connectivity index (χ1n) is 7.31. The number of aromatic nitrogens is 1. The molecule has 0 spiro atoms. The first kappa shape index (κ1) is 13.9. The van der Waals surface area contributed by atoms with Crippen LogP contribution >= 0.6 is 0 Å². The number of hydrogen-bond acceptors (Lipinski definition) is 3. The Labute approximate surface area is 123 Å². The van der Waals surface area contributed by atoms with Crippen LogP contribution < -0.4 is 10.6 Å². The molecule has 1 heterocycles. The summed E-state index contributed by atoms with van der Waals surface area (Å²) in [5, 5.41) is 15.0. The molecule has 2 saturated carbocycles. The lowest BCUT2D eigenvalue weighted by atomic mass is 9.84. The number of carbonyl (C=O) groups excluding carboxylic acids is 1. The molecular formula is C15H19N3O3. The first-order valence-corrected chi connectivity index (χ1v) is 7.31. The van der Waals surface area contributed by atoms with Gasteiger partial charge in [0, 0.05) is 25.0 Å². The molecule has 112 valence electrons. The Hall–Kier alpha value is -2.11. The summed E-state index contributed by atoms with van der Waals surface area (Å²) in [6.45, 7) is 0.410.